The van der Waals surface area contributed by atoms with Crippen LogP contribution in [0.4, 0.5) is 0 Å². The lowest BCUT2D eigenvalue weighted by Crippen LogP contribution is -2.08. The van der Waals surface area contributed by atoms with Crippen molar-refractivity contribution in [3.8, 4) is 5.88 Å². The molecule has 0 aromatic carbocycles. The first kappa shape index (κ1) is 13.7. The summed E-state index contributed by atoms with van der Waals surface area (Å²) in [5, 5.41) is 8.90. The molecule has 0 aliphatic rings. The van der Waals surface area contributed by atoms with Crippen LogP contribution in [0.15, 0.2) is 12.1 Å². The van der Waals surface area contributed by atoms with Gasteiger partial charge in [-0.05, 0) is 12.5 Å². The van der Waals surface area contributed by atoms with Gasteiger partial charge in [-0.3, -0.25) is 0 Å². The molecule has 0 saturated carbocycles. The second kappa shape index (κ2) is 7.09. The minimum absolute atomic E-state index is 0.0504. The number of carboxylic acid groups (broad SMARTS) is 1. The summed E-state index contributed by atoms with van der Waals surface area (Å²) in [4.78, 5) is 14.6. The molecule has 1 N–H and O–H groups in total. The molecule has 0 aliphatic heterocycles. The van der Waals surface area contributed by atoms with Crippen molar-refractivity contribution in [2.45, 2.75) is 13.3 Å². The molecule has 0 aliphatic carbocycles. The largest absolute Gasteiger partial charge is 0.478 e. The van der Waals surface area contributed by atoms with Gasteiger partial charge in [0.1, 0.15) is 11.8 Å². The van der Waals surface area contributed by atoms with E-state index in [9.17, 15) is 4.79 Å². The number of ether oxygens (including phenoxy) is 2. The predicted molar refractivity (Wildman–Crippen MR) is 62.8 cm³/mol. The van der Waals surface area contributed by atoms with Crippen molar-refractivity contribution in [2.24, 2.45) is 0 Å². The summed E-state index contributed by atoms with van der Waals surface area (Å²) in [5.74, 6) is -0.878. The van der Waals surface area contributed by atoms with Gasteiger partial charge in [-0.1, -0.05) is 18.5 Å². The highest BCUT2D eigenvalue weighted by atomic mass is 35.5. The maximum atomic E-state index is 10.8. The number of aromatic carboxylic acids is 1. The van der Waals surface area contributed by atoms with E-state index in [4.69, 9.17) is 26.2 Å². The maximum absolute atomic E-state index is 10.8. The molecular formula is C11H14ClNO4. The molecular weight excluding hydrogens is 246 g/mol. The van der Waals surface area contributed by atoms with Gasteiger partial charge >= 0.3 is 5.97 Å². The van der Waals surface area contributed by atoms with Gasteiger partial charge in [-0.25, -0.2) is 9.78 Å². The Hall–Kier alpha value is -1.33. The minimum atomic E-state index is -1.07. The number of hydrogen-bond donors (Lipinski definition) is 1. The van der Waals surface area contributed by atoms with Crippen LogP contribution in [0.2, 0.25) is 5.15 Å². The van der Waals surface area contributed by atoms with Crippen molar-refractivity contribution in [2.75, 3.05) is 19.8 Å². The average molecular weight is 260 g/mol. The summed E-state index contributed by atoms with van der Waals surface area (Å²) in [7, 11) is 0. The zero-order valence-electron chi connectivity index (χ0n) is 9.48. The number of carboxylic acids is 1. The summed E-state index contributed by atoms with van der Waals surface area (Å²) >= 11 is 5.67. The molecule has 0 amide bonds. The molecule has 0 atom stereocenters. The summed E-state index contributed by atoms with van der Waals surface area (Å²) in [5.41, 5.74) is 0.0504. The molecule has 0 bridgehead atoms. The van der Waals surface area contributed by atoms with E-state index in [2.05, 4.69) is 4.98 Å². The third kappa shape index (κ3) is 5.01. The number of nitrogens with zero attached hydrogens (tertiary/aromatic N) is 1. The van der Waals surface area contributed by atoms with Crippen molar-refractivity contribution in [3.63, 3.8) is 0 Å². The van der Waals surface area contributed by atoms with Crippen molar-refractivity contribution >= 4 is 17.6 Å². The standard InChI is InChI=1S/C11H14ClNO4/c1-2-3-16-4-5-17-10-7-8(11(14)15)6-9(12)13-10/h6-7H,2-5H2,1H3,(H,14,15). The third-order valence-electron chi connectivity index (χ3n) is 1.84. The van der Waals surface area contributed by atoms with Crippen LogP contribution in [0.5, 0.6) is 5.88 Å². The number of rotatable bonds is 7. The summed E-state index contributed by atoms with van der Waals surface area (Å²) in [6.07, 6.45) is 0.943. The minimum Gasteiger partial charge on any atom is -0.478 e. The van der Waals surface area contributed by atoms with Crippen LogP contribution in [0.3, 0.4) is 0 Å². The number of aromatic nitrogens is 1. The topological polar surface area (TPSA) is 68.7 Å². The Morgan fingerprint density at radius 1 is 1.41 bits per heavy atom. The molecule has 1 rings (SSSR count). The van der Waals surface area contributed by atoms with Crippen molar-refractivity contribution in [1.82, 2.24) is 4.98 Å². The maximum Gasteiger partial charge on any atom is 0.335 e. The first-order chi connectivity index (χ1) is 8.13. The smallest absolute Gasteiger partial charge is 0.335 e. The molecule has 1 aromatic heterocycles. The zero-order valence-corrected chi connectivity index (χ0v) is 10.2. The number of halogens is 1. The van der Waals surface area contributed by atoms with Crippen LogP contribution in [0, 0.1) is 0 Å². The first-order valence-electron chi connectivity index (χ1n) is 5.25. The summed E-state index contributed by atoms with van der Waals surface area (Å²) < 4.78 is 10.5. The van der Waals surface area contributed by atoms with E-state index in [1.807, 2.05) is 6.92 Å². The number of carbonyl (C=O) groups is 1. The average Bonchev–Trinajstić information content (AvgIpc) is 2.28. The van der Waals surface area contributed by atoms with Gasteiger partial charge < -0.3 is 14.6 Å². The lowest BCUT2D eigenvalue weighted by atomic mass is 10.3. The molecule has 0 radical (unpaired) electrons. The zero-order chi connectivity index (χ0) is 12.7. The molecule has 94 valence electrons. The van der Waals surface area contributed by atoms with Gasteiger partial charge in [-0.2, -0.15) is 0 Å². The van der Waals surface area contributed by atoms with Gasteiger partial charge in [0.25, 0.3) is 0 Å². The van der Waals surface area contributed by atoms with E-state index in [1.54, 1.807) is 0 Å². The van der Waals surface area contributed by atoms with E-state index in [0.29, 0.717) is 19.8 Å². The van der Waals surface area contributed by atoms with E-state index in [1.165, 1.54) is 12.1 Å². The monoisotopic (exact) mass is 259 g/mol. The molecule has 6 heteroatoms. The molecule has 0 spiro atoms. The van der Waals surface area contributed by atoms with Crippen molar-refractivity contribution in [1.29, 1.82) is 0 Å². The fourth-order valence-corrected chi connectivity index (χ4v) is 1.32. The van der Waals surface area contributed by atoms with E-state index >= 15 is 0 Å². The second-order valence-electron chi connectivity index (χ2n) is 3.28. The van der Waals surface area contributed by atoms with E-state index < -0.39 is 5.97 Å². The fourth-order valence-electron chi connectivity index (χ4n) is 1.12. The van der Waals surface area contributed by atoms with Gasteiger partial charge in [-0.15, -0.1) is 0 Å². The highest BCUT2D eigenvalue weighted by Crippen LogP contribution is 2.16. The summed E-state index contributed by atoms with van der Waals surface area (Å²) in [6.45, 7) is 3.43. The Balaban J connectivity index is 2.50. The Morgan fingerprint density at radius 2 is 2.18 bits per heavy atom. The molecule has 1 aromatic rings. The van der Waals surface area contributed by atoms with E-state index in [0.717, 1.165) is 6.42 Å². The normalized spacial score (nSPS) is 10.2. The van der Waals surface area contributed by atoms with Crippen LogP contribution < -0.4 is 4.74 Å². The van der Waals surface area contributed by atoms with Gasteiger partial charge in [0.2, 0.25) is 5.88 Å². The van der Waals surface area contributed by atoms with E-state index in [-0.39, 0.29) is 16.6 Å². The lowest BCUT2D eigenvalue weighted by Gasteiger charge is -2.06. The fraction of sp³-hybridized carbons (Fsp3) is 0.455. The van der Waals surface area contributed by atoms with Crippen LogP contribution >= 0.6 is 11.6 Å². The molecule has 5 nitrogen and oxygen atoms in total. The van der Waals surface area contributed by atoms with Gasteiger partial charge in [0, 0.05) is 12.7 Å². The molecule has 1 heterocycles. The molecule has 0 fully saturated rings. The van der Waals surface area contributed by atoms with Crippen LogP contribution in [0.25, 0.3) is 0 Å². The Labute approximate surface area is 104 Å². The second-order valence-corrected chi connectivity index (χ2v) is 3.67. The van der Waals surface area contributed by atoms with Crippen LogP contribution in [-0.4, -0.2) is 35.9 Å². The Kier molecular flexibility index (Phi) is 5.72. The summed E-state index contributed by atoms with van der Waals surface area (Å²) in [6, 6.07) is 2.60. The number of pyridine rings is 1. The number of hydrogen-bond acceptors (Lipinski definition) is 4. The molecule has 0 unspecified atom stereocenters. The Morgan fingerprint density at radius 3 is 2.82 bits per heavy atom. The third-order valence-corrected chi connectivity index (χ3v) is 2.04. The molecule has 17 heavy (non-hydrogen) atoms. The lowest BCUT2D eigenvalue weighted by molar-refractivity contribution is 0.0695. The SMILES string of the molecule is CCCOCCOc1cc(C(=O)O)cc(Cl)n1. The van der Waals surface area contributed by atoms with Crippen LogP contribution in [-0.2, 0) is 4.74 Å². The van der Waals surface area contributed by atoms with Crippen LogP contribution in [0.1, 0.15) is 23.7 Å². The highest BCUT2D eigenvalue weighted by Gasteiger charge is 2.08. The van der Waals surface area contributed by atoms with Crippen molar-refractivity contribution in [3.05, 3.63) is 22.8 Å². The van der Waals surface area contributed by atoms with Gasteiger partial charge in [0.15, 0.2) is 0 Å². The van der Waals surface area contributed by atoms with Crippen molar-refractivity contribution < 1.29 is 19.4 Å². The van der Waals surface area contributed by atoms with Gasteiger partial charge in [0.05, 0.1) is 12.2 Å². The predicted octanol–water partition coefficient (Wildman–Crippen LogP) is 2.24. The first-order valence-corrected chi connectivity index (χ1v) is 5.62. The Bertz CT molecular complexity index is 384. The highest BCUT2D eigenvalue weighted by molar-refractivity contribution is 6.29. The quantitative estimate of drug-likeness (QED) is 0.601. The molecule has 0 saturated heterocycles.